The molecule has 1 aromatic heterocycles. The van der Waals surface area contributed by atoms with Gasteiger partial charge in [0.25, 0.3) is 11.8 Å². The highest BCUT2D eigenvalue weighted by atomic mass is 32.2. The summed E-state index contributed by atoms with van der Waals surface area (Å²) in [6.45, 7) is 2.77. The van der Waals surface area contributed by atoms with Crippen LogP contribution in [0.4, 0.5) is 10.8 Å². The van der Waals surface area contributed by atoms with Crippen molar-refractivity contribution in [2.45, 2.75) is 56.8 Å². The molecule has 4 N–H and O–H groups in total. The van der Waals surface area contributed by atoms with Crippen molar-refractivity contribution in [3.63, 3.8) is 0 Å². The number of nitrogens with two attached hydrogens (primary N) is 1. The number of thiazole rings is 1. The number of nitrogen functional groups attached to an aromatic ring is 1. The van der Waals surface area contributed by atoms with Gasteiger partial charge in [-0.1, -0.05) is 44.7 Å². The number of hydrogen-bond donors (Lipinski definition) is 3. The second kappa shape index (κ2) is 14.1. The smallest absolute Gasteiger partial charge is 0.335 e. The molecule has 1 aliphatic rings. The number of fused-ring (bicyclic) bond motifs is 1. The number of hydrazone groups is 1. The number of hydrogen-bond acceptors (Lipinski definition) is 8. The summed E-state index contributed by atoms with van der Waals surface area (Å²) >= 11 is 2.84. The van der Waals surface area contributed by atoms with Crippen LogP contribution >= 0.6 is 23.1 Å². The number of benzene rings is 2. The van der Waals surface area contributed by atoms with Crippen LogP contribution in [0.3, 0.4) is 0 Å². The summed E-state index contributed by atoms with van der Waals surface area (Å²) < 4.78 is 0. The van der Waals surface area contributed by atoms with Crippen molar-refractivity contribution >= 4 is 57.4 Å². The zero-order valence-corrected chi connectivity index (χ0v) is 24.0. The second-order valence-electron chi connectivity index (χ2n) is 9.48. The molecule has 0 saturated carbocycles. The number of unbranched alkanes of at least 4 members (excludes halogenated alkanes) is 4. The van der Waals surface area contributed by atoms with E-state index in [-0.39, 0.29) is 28.0 Å². The van der Waals surface area contributed by atoms with Crippen molar-refractivity contribution in [2.24, 2.45) is 5.10 Å². The van der Waals surface area contributed by atoms with Gasteiger partial charge in [0.15, 0.2) is 10.8 Å². The minimum absolute atomic E-state index is 0.159. The van der Waals surface area contributed by atoms with E-state index in [1.165, 1.54) is 6.42 Å². The van der Waals surface area contributed by atoms with Crippen molar-refractivity contribution in [2.75, 3.05) is 22.9 Å². The third-order valence-electron chi connectivity index (χ3n) is 6.55. The molecule has 0 saturated heterocycles. The molecule has 4 rings (SSSR count). The Balaban J connectivity index is 1.44. The summed E-state index contributed by atoms with van der Waals surface area (Å²) in [7, 11) is 0. The number of rotatable bonds is 14. The first-order valence-corrected chi connectivity index (χ1v) is 15.2. The minimum Gasteiger partial charge on any atom is -0.478 e. The third kappa shape index (κ3) is 7.48. The van der Waals surface area contributed by atoms with E-state index >= 15 is 0 Å². The van der Waals surface area contributed by atoms with Crippen LogP contribution in [0.15, 0.2) is 57.8 Å². The van der Waals surface area contributed by atoms with Crippen LogP contribution < -0.4 is 16.1 Å². The molecule has 9 nitrogen and oxygen atoms in total. The van der Waals surface area contributed by atoms with Gasteiger partial charge in [-0.05, 0) is 60.9 Å². The number of carbonyl (C=O) groups excluding carboxylic acids is 2. The summed E-state index contributed by atoms with van der Waals surface area (Å²) in [5, 5.41) is 15.1. The van der Waals surface area contributed by atoms with E-state index in [1.54, 1.807) is 34.2 Å². The molecular weight excluding hydrogens is 546 g/mol. The molecule has 40 heavy (non-hydrogen) atoms. The van der Waals surface area contributed by atoms with E-state index in [1.807, 2.05) is 30.3 Å². The zero-order valence-electron chi connectivity index (χ0n) is 22.4. The number of aromatic carboxylic acids is 1. The number of amides is 2. The van der Waals surface area contributed by atoms with Gasteiger partial charge in [0.1, 0.15) is 5.69 Å². The number of aryl methyl sites for hydroxylation is 1. The van der Waals surface area contributed by atoms with Crippen molar-refractivity contribution in [3.8, 4) is 0 Å². The van der Waals surface area contributed by atoms with E-state index in [4.69, 9.17) is 10.8 Å². The first-order valence-electron chi connectivity index (χ1n) is 13.4. The Bertz CT molecular complexity index is 1390. The van der Waals surface area contributed by atoms with Gasteiger partial charge >= 0.3 is 5.97 Å². The fourth-order valence-corrected chi connectivity index (χ4v) is 5.86. The predicted molar refractivity (Wildman–Crippen MR) is 161 cm³/mol. The van der Waals surface area contributed by atoms with Crippen molar-refractivity contribution in [1.29, 1.82) is 0 Å². The Morgan fingerprint density at radius 3 is 2.58 bits per heavy atom. The Morgan fingerprint density at radius 1 is 1.10 bits per heavy atom. The van der Waals surface area contributed by atoms with Crippen LogP contribution in [-0.2, 0) is 11.2 Å². The van der Waals surface area contributed by atoms with Crippen LogP contribution in [0.5, 0.6) is 0 Å². The number of carboxylic acid groups (broad SMARTS) is 1. The maximum absolute atomic E-state index is 13.4. The maximum atomic E-state index is 13.4. The molecule has 210 valence electrons. The molecule has 0 fully saturated rings. The van der Waals surface area contributed by atoms with Crippen LogP contribution in [0.25, 0.3) is 0 Å². The fourth-order valence-electron chi connectivity index (χ4n) is 4.42. The lowest BCUT2D eigenvalue weighted by Crippen LogP contribution is -2.32. The molecule has 2 aromatic carbocycles. The van der Waals surface area contributed by atoms with Gasteiger partial charge in [-0.3, -0.25) is 9.59 Å². The first-order chi connectivity index (χ1) is 19.4. The maximum Gasteiger partial charge on any atom is 0.335 e. The number of nitrogens with one attached hydrogen (secondary N) is 1. The summed E-state index contributed by atoms with van der Waals surface area (Å²) in [4.78, 5) is 43.7. The first kappa shape index (κ1) is 29.3. The highest BCUT2D eigenvalue weighted by Crippen LogP contribution is 2.34. The van der Waals surface area contributed by atoms with Gasteiger partial charge in [0, 0.05) is 22.4 Å². The molecular formula is C29H33N5O4S2. The van der Waals surface area contributed by atoms with Gasteiger partial charge in [-0.2, -0.15) is 5.10 Å². The number of aromatic nitrogens is 1. The van der Waals surface area contributed by atoms with Gasteiger partial charge < -0.3 is 15.7 Å². The Morgan fingerprint density at radius 2 is 1.88 bits per heavy atom. The van der Waals surface area contributed by atoms with E-state index < -0.39 is 11.9 Å². The molecule has 3 aromatic rings. The molecule has 0 unspecified atom stereocenters. The highest BCUT2D eigenvalue weighted by molar-refractivity contribution is 7.99. The molecule has 0 atom stereocenters. The SMILES string of the molecule is CCCCCCCN1C(=O)C(=NNC(=O)c2csc(N)n2)c2cc(SCCCc3ccc(C(=O)O)cc3)ccc21. The second-order valence-corrected chi connectivity index (χ2v) is 11.5. The standard InChI is InChI=1S/C29H33N5O4S2/c1-2-3-4-5-6-15-34-24-14-13-21(39-16-7-8-19-9-11-20(12-10-19)28(37)38)17-22(24)25(27(34)36)32-33-26(35)23-18-40-29(30)31-23/h9-14,17-18H,2-8,15-16H2,1H3,(H2,30,31)(H,33,35)(H,37,38). The Kier molecular flexibility index (Phi) is 10.3. The van der Waals surface area contributed by atoms with E-state index in [2.05, 4.69) is 22.4 Å². The molecule has 11 heteroatoms. The van der Waals surface area contributed by atoms with Gasteiger partial charge in [-0.25, -0.2) is 15.2 Å². The van der Waals surface area contributed by atoms with Crippen LogP contribution in [-0.4, -0.2) is 45.9 Å². The summed E-state index contributed by atoms with van der Waals surface area (Å²) in [5.74, 6) is -0.823. The number of thioether (sulfide) groups is 1. The van der Waals surface area contributed by atoms with E-state index in [0.717, 1.165) is 71.8 Å². The summed E-state index contributed by atoms with van der Waals surface area (Å²) in [6.07, 6.45) is 7.16. The quantitative estimate of drug-likeness (QED) is 0.128. The molecule has 0 radical (unpaired) electrons. The molecule has 0 spiro atoms. The summed E-state index contributed by atoms with van der Waals surface area (Å²) in [6, 6.07) is 12.9. The monoisotopic (exact) mass is 579 g/mol. The lowest BCUT2D eigenvalue weighted by molar-refractivity contribution is -0.112. The van der Waals surface area contributed by atoms with E-state index in [0.29, 0.717) is 12.1 Å². The molecule has 0 aliphatic carbocycles. The molecule has 2 heterocycles. The normalized spacial score (nSPS) is 13.6. The molecule has 1 aliphatic heterocycles. The van der Waals surface area contributed by atoms with Crippen LogP contribution in [0.2, 0.25) is 0 Å². The van der Waals surface area contributed by atoms with Crippen molar-refractivity contribution in [1.82, 2.24) is 10.4 Å². The summed E-state index contributed by atoms with van der Waals surface area (Å²) in [5.41, 5.74) is 11.4. The number of carbonyl (C=O) groups is 3. The Labute approximate surface area is 241 Å². The molecule has 0 bridgehead atoms. The number of nitrogens with zero attached hydrogens (tertiary/aromatic N) is 3. The third-order valence-corrected chi connectivity index (χ3v) is 8.30. The van der Waals surface area contributed by atoms with Gasteiger partial charge in [-0.15, -0.1) is 23.1 Å². The zero-order chi connectivity index (χ0) is 28.5. The van der Waals surface area contributed by atoms with Crippen molar-refractivity contribution < 1.29 is 19.5 Å². The Hall–Kier alpha value is -3.70. The topological polar surface area (TPSA) is 138 Å². The number of anilines is 2. The predicted octanol–water partition coefficient (Wildman–Crippen LogP) is 5.60. The van der Waals surface area contributed by atoms with Crippen LogP contribution in [0.1, 0.15) is 77.4 Å². The molecule has 2 amide bonds. The van der Waals surface area contributed by atoms with Gasteiger partial charge in [0.05, 0.1) is 11.3 Å². The average molecular weight is 580 g/mol. The largest absolute Gasteiger partial charge is 0.478 e. The van der Waals surface area contributed by atoms with E-state index in [9.17, 15) is 14.4 Å². The van der Waals surface area contributed by atoms with Crippen molar-refractivity contribution in [3.05, 3.63) is 70.2 Å². The number of carboxylic acids is 1. The lowest BCUT2D eigenvalue weighted by atomic mass is 10.1. The van der Waals surface area contributed by atoms with Crippen LogP contribution in [0, 0.1) is 0 Å². The lowest BCUT2D eigenvalue weighted by Gasteiger charge is -2.17. The fraction of sp³-hybridized carbons (Fsp3) is 0.345. The minimum atomic E-state index is -0.928. The van der Waals surface area contributed by atoms with Gasteiger partial charge in [0.2, 0.25) is 0 Å². The highest BCUT2D eigenvalue weighted by Gasteiger charge is 2.34. The average Bonchev–Trinajstić information content (AvgIpc) is 3.50.